The maximum absolute atomic E-state index is 13.0. The van der Waals surface area contributed by atoms with E-state index in [4.69, 9.17) is 5.73 Å². The lowest BCUT2D eigenvalue weighted by atomic mass is 10.0. The Bertz CT molecular complexity index is 448. The van der Waals surface area contributed by atoms with Crippen molar-refractivity contribution in [3.8, 4) is 0 Å². The maximum Gasteiger partial charge on any atom is 0.418 e. The minimum absolute atomic E-state index is 0.0281. The highest BCUT2D eigenvalue weighted by Gasteiger charge is 2.35. The highest BCUT2D eigenvalue weighted by Crippen LogP contribution is 2.38. The van der Waals surface area contributed by atoms with Crippen molar-refractivity contribution in [2.45, 2.75) is 31.5 Å². The zero-order chi connectivity index (χ0) is 14.0. The first-order valence-electron chi connectivity index (χ1n) is 6.25. The predicted octanol–water partition coefficient (Wildman–Crippen LogP) is 4.01. The molecule has 0 amide bonds. The lowest BCUT2D eigenvalue weighted by Crippen LogP contribution is -2.30. The van der Waals surface area contributed by atoms with Gasteiger partial charge in [-0.25, -0.2) is 0 Å². The molecule has 0 aliphatic heterocycles. The zero-order valence-electron chi connectivity index (χ0n) is 10.3. The Kier molecular flexibility index (Phi) is 4.40. The third kappa shape index (κ3) is 3.42. The number of alkyl halides is 3. The lowest BCUT2D eigenvalue weighted by molar-refractivity contribution is -0.137. The number of nitrogens with two attached hydrogens (primary N) is 1. The molecule has 19 heavy (non-hydrogen) atoms. The van der Waals surface area contributed by atoms with E-state index in [-0.39, 0.29) is 17.6 Å². The molecule has 2 atom stereocenters. The fraction of sp³-hybridized carbons (Fsp3) is 0.538. The van der Waals surface area contributed by atoms with Crippen LogP contribution in [0.3, 0.4) is 0 Å². The largest absolute Gasteiger partial charge is 0.418 e. The normalized spacial score (nSPS) is 23.6. The highest BCUT2D eigenvalue weighted by molar-refractivity contribution is 9.10. The second-order valence-electron chi connectivity index (χ2n) is 4.87. The summed E-state index contributed by atoms with van der Waals surface area (Å²) in [7, 11) is 0. The van der Waals surface area contributed by atoms with Crippen LogP contribution >= 0.6 is 15.9 Å². The van der Waals surface area contributed by atoms with Gasteiger partial charge in [0.2, 0.25) is 0 Å². The third-order valence-electron chi connectivity index (χ3n) is 3.59. The topological polar surface area (TPSA) is 38.0 Å². The van der Waals surface area contributed by atoms with Crippen LogP contribution in [0.25, 0.3) is 0 Å². The Hall–Kier alpha value is -0.750. The van der Waals surface area contributed by atoms with E-state index in [1.165, 1.54) is 12.1 Å². The Morgan fingerprint density at radius 1 is 1.32 bits per heavy atom. The van der Waals surface area contributed by atoms with E-state index in [9.17, 15) is 13.2 Å². The van der Waals surface area contributed by atoms with E-state index < -0.39 is 11.7 Å². The average molecular weight is 337 g/mol. The molecule has 0 bridgehead atoms. The van der Waals surface area contributed by atoms with Gasteiger partial charge in [-0.1, -0.05) is 22.4 Å². The quantitative estimate of drug-likeness (QED) is 0.875. The number of halogens is 4. The first-order valence-corrected chi connectivity index (χ1v) is 7.04. The number of hydrogen-bond donors (Lipinski definition) is 2. The number of nitrogens with one attached hydrogen (secondary N) is 1. The fourth-order valence-corrected chi connectivity index (χ4v) is 2.95. The summed E-state index contributed by atoms with van der Waals surface area (Å²) in [6.45, 7) is 0.507. The Labute approximate surface area is 118 Å². The molecule has 1 aliphatic rings. The van der Waals surface area contributed by atoms with E-state index in [1.807, 2.05) is 0 Å². The van der Waals surface area contributed by atoms with Crippen molar-refractivity contribution in [1.82, 2.24) is 0 Å². The van der Waals surface area contributed by atoms with Gasteiger partial charge in [-0.05, 0) is 43.5 Å². The molecular formula is C13H16BrF3N2. The maximum atomic E-state index is 13.0. The zero-order valence-corrected chi connectivity index (χ0v) is 11.9. The molecule has 106 valence electrons. The van der Waals surface area contributed by atoms with Gasteiger partial charge in [-0.15, -0.1) is 0 Å². The number of rotatable bonds is 3. The number of benzene rings is 1. The Balaban J connectivity index is 2.26. The van der Waals surface area contributed by atoms with E-state index in [0.717, 1.165) is 25.3 Å². The van der Waals surface area contributed by atoms with Crippen LogP contribution in [0.1, 0.15) is 24.8 Å². The second-order valence-corrected chi connectivity index (χ2v) is 5.78. The monoisotopic (exact) mass is 336 g/mol. The molecule has 1 fully saturated rings. The van der Waals surface area contributed by atoms with Crippen LogP contribution in [0.4, 0.5) is 18.9 Å². The van der Waals surface area contributed by atoms with Crippen molar-refractivity contribution < 1.29 is 13.2 Å². The van der Waals surface area contributed by atoms with Crippen molar-refractivity contribution in [3.63, 3.8) is 0 Å². The lowest BCUT2D eigenvalue weighted by Gasteiger charge is -2.23. The van der Waals surface area contributed by atoms with Crippen molar-refractivity contribution in [2.24, 2.45) is 11.7 Å². The first-order chi connectivity index (χ1) is 8.91. The molecule has 2 nitrogen and oxygen atoms in total. The summed E-state index contributed by atoms with van der Waals surface area (Å²) >= 11 is 3.21. The summed E-state index contributed by atoms with van der Waals surface area (Å²) < 4.78 is 39.5. The molecule has 1 aromatic rings. The van der Waals surface area contributed by atoms with Crippen molar-refractivity contribution in [1.29, 1.82) is 0 Å². The minimum atomic E-state index is -4.35. The predicted molar refractivity (Wildman–Crippen MR) is 73.0 cm³/mol. The summed E-state index contributed by atoms with van der Waals surface area (Å²) in [5, 5.41) is 3.03. The third-order valence-corrected chi connectivity index (χ3v) is 4.08. The van der Waals surface area contributed by atoms with Gasteiger partial charge in [0.05, 0.1) is 5.56 Å². The van der Waals surface area contributed by atoms with E-state index in [2.05, 4.69) is 21.2 Å². The van der Waals surface area contributed by atoms with Crippen LogP contribution < -0.4 is 11.1 Å². The molecule has 0 heterocycles. The van der Waals surface area contributed by atoms with Gasteiger partial charge in [0.15, 0.2) is 0 Å². The second kappa shape index (κ2) is 5.71. The summed E-state index contributed by atoms with van der Waals surface area (Å²) in [5.41, 5.74) is 5.17. The van der Waals surface area contributed by atoms with Crippen LogP contribution in [0.15, 0.2) is 22.7 Å². The fourth-order valence-electron chi connectivity index (χ4n) is 2.59. The van der Waals surface area contributed by atoms with Gasteiger partial charge in [-0.3, -0.25) is 0 Å². The van der Waals surface area contributed by atoms with Gasteiger partial charge in [-0.2, -0.15) is 13.2 Å². The summed E-state index contributed by atoms with van der Waals surface area (Å²) in [6.07, 6.45) is -1.50. The van der Waals surface area contributed by atoms with Gasteiger partial charge in [0, 0.05) is 16.2 Å². The molecule has 1 aromatic carbocycles. The van der Waals surface area contributed by atoms with Gasteiger partial charge in [0.25, 0.3) is 0 Å². The van der Waals surface area contributed by atoms with E-state index >= 15 is 0 Å². The molecule has 0 spiro atoms. The standard InChI is InChI=1S/C13H16BrF3N2/c14-9-4-5-10(13(15,16)17)12(6-9)19-11-3-1-2-8(11)7-18/h4-6,8,11,19H,1-3,7,18H2. The van der Waals surface area contributed by atoms with Crippen LogP contribution in [0.2, 0.25) is 0 Å². The molecule has 0 saturated heterocycles. The van der Waals surface area contributed by atoms with Crippen molar-refractivity contribution in [2.75, 3.05) is 11.9 Å². The summed E-state index contributed by atoms with van der Waals surface area (Å²) in [5.74, 6) is 0.250. The van der Waals surface area contributed by atoms with E-state index in [1.54, 1.807) is 0 Å². The number of hydrogen-bond acceptors (Lipinski definition) is 2. The number of anilines is 1. The summed E-state index contributed by atoms with van der Waals surface area (Å²) in [6, 6.07) is 4.01. The average Bonchev–Trinajstić information content (AvgIpc) is 2.74. The molecule has 1 saturated carbocycles. The first kappa shape index (κ1) is 14.7. The SMILES string of the molecule is NCC1CCCC1Nc1cc(Br)ccc1C(F)(F)F. The molecular weight excluding hydrogens is 321 g/mol. The van der Waals surface area contributed by atoms with Crippen molar-refractivity contribution >= 4 is 21.6 Å². The molecule has 2 rings (SSSR count). The van der Waals surface area contributed by atoms with E-state index in [0.29, 0.717) is 11.0 Å². The van der Waals surface area contributed by atoms with Crippen LogP contribution in [-0.2, 0) is 6.18 Å². The minimum Gasteiger partial charge on any atom is -0.381 e. The van der Waals surface area contributed by atoms with Crippen molar-refractivity contribution in [3.05, 3.63) is 28.2 Å². The smallest absolute Gasteiger partial charge is 0.381 e. The molecule has 0 aromatic heterocycles. The highest BCUT2D eigenvalue weighted by atomic mass is 79.9. The molecule has 0 radical (unpaired) electrons. The Morgan fingerprint density at radius 3 is 2.68 bits per heavy atom. The van der Waals surface area contributed by atoms with Crippen LogP contribution in [0.5, 0.6) is 0 Å². The van der Waals surface area contributed by atoms with Crippen LogP contribution in [-0.4, -0.2) is 12.6 Å². The molecule has 2 unspecified atom stereocenters. The molecule has 6 heteroatoms. The van der Waals surface area contributed by atoms with Gasteiger partial charge < -0.3 is 11.1 Å². The Morgan fingerprint density at radius 2 is 2.05 bits per heavy atom. The summed E-state index contributed by atoms with van der Waals surface area (Å²) in [4.78, 5) is 0. The molecule has 1 aliphatic carbocycles. The van der Waals surface area contributed by atoms with Crippen LogP contribution in [0, 0.1) is 5.92 Å². The van der Waals surface area contributed by atoms with Gasteiger partial charge in [0.1, 0.15) is 0 Å². The molecule has 3 N–H and O–H groups in total. The van der Waals surface area contributed by atoms with Gasteiger partial charge >= 0.3 is 6.18 Å².